The molecule has 12 rings (SSSR count). The van der Waals surface area contributed by atoms with Crippen LogP contribution in [-0.2, 0) is 0 Å². The molecule has 0 bridgehead atoms. The molecule has 8 aromatic carbocycles. The van der Waals surface area contributed by atoms with E-state index >= 15 is 0 Å². The summed E-state index contributed by atoms with van der Waals surface area (Å²) in [6.45, 7) is 0. The molecule has 0 aliphatic carbocycles. The fraction of sp³-hybridized carbons (Fsp3) is 0. The lowest BCUT2D eigenvalue weighted by Gasteiger charge is -2.12. The van der Waals surface area contributed by atoms with Crippen LogP contribution in [0.2, 0.25) is 0 Å². The molecule has 0 unspecified atom stereocenters. The van der Waals surface area contributed by atoms with E-state index in [9.17, 15) is 0 Å². The Hall–Kier alpha value is -7.41. The minimum absolute atomic E-state index is 0.561. The van der Waals surface area contributed by atoms with Crippen LogP contribution in [-0.4, -0.2) is 19.5 Å². The number of rotatable bonds is 5. The Morgan fingerprint density at radius 2 is 1.05 bits per heavy atom. The van der Waals surface area contributed by atoms with Crippen molar-refractivity contribution in [3.63, 3.8) is 0 Å². The molecule has 0 spiro atoms. The zero-order valence-electron chi connectivity index (χ0n) is 30.4. The summed E-state index contributed by atoms with van der Waals surface area (Å²) in [4.78, 5) is 15.8. The summed E-state index contributed by atoms with van der Waals surface area (Å²) in [7, 11) is 0. The first-order valence-electron chi connectivity index (χ1n) is 19.0. The number of para-hydroxylation sites is 3. The average molecular weight is 747 g/mol. The summed E-state index contributed by atoms with van der Waals surface area (Å²) >= 11 is 1.79. The van der Waals surface area contributed by atoms with Crippen molar-refractivity contribution in [2.45, 2.75) is 0 Å². The molecule has 0 atom stereocenters. The number of thiophene rings is 1. The predicted octanol–water partition coefficient (Wildman–Crippen LogP) is 13.9. The van der Waals surface area contributed by atoms with Gasteiger partial charge in [0.2, 0.25) is 0 Å². The van der Waals surface area contributed by atoms with Crippen molar-refractivity contribution in [1.29, 1.82) is 0 Å². The van der Waals surface area contributed by atoms with Crippen LogP contribution >= 0.6 is 11.3 Å². The summed E-state index contributed by atoms with van der Waals surface area (Å²) in [5.74, 6) is 1.77. The van der Waals surface area contributed by atoms with Crippen LogP contribution in [0, 0.1) is 0 Å². The molecule has 0 saturated carbocycles. The van der Waals surface area contributed by atoms with Crippen LogP contribution in [0.1, 0.15) is 0 Å². The van der Waals surface area contributed by atoms with E-state index in [4.69, 9.17) is 19.4 Å². The van der Waals surface area contributed by atoms with Gasteiger partial charge >= 0.3 is 0 Å². The van der Waals surface area contributed by atoms with Crippen molar-refractivity contribution in [1.82, 2.24) is 19.5 Å². The highest BCUT2D eigenvalue weighted by Gasteiger charge is 2.21. The quantitative estimate of drug-likeness (QED) is 0.176. The minimum atomic E-state index is 0.561. The molecule has 6 heteroatoms. The molecule has 0 aliphatic rings. The van der Waals surface area contributed by atoms with E-state index in [1.807, 2.05) is 24.3 Å². The Kier molecular flexibility index (Phi) is 7.03. The van der Waals surface area contributed by atoms with Crippen molar-refractivity contribution in [2.24, 2.45) is 0 Å². The molecule has 0 amide bonds. The summed E-state index contributed by atoms with van der Waals surface area (Å²) in [5, 5.41) is 6.84. The maximum Gasteiger partial charge on any atom is 0.167 e. The molecule has 57 heavy (non-hydrogen) atoms. The Morgan fingerprint density at radius 3 is 1.96 bits per heavy atom. The van der Waals surface area contributed by atoms with E-state index < -0.39 is 0 Å². The van der Waals surface area contributed by atoms with Gasteiger partial charge in [0.05, 0.1) is 16.6 Å². The molecule has 0 saturated heterocycles. The topological polar surface area (TPSA) is 56.7 Å². The maximum atomic E-state index is 6.53. The lowest BCUT2D eigenvalue weighted by atomic mass is 10.0. The summed E-state index contributed by atoms with van der Waals surface area (Å²) in [6, 6.07) is 63.9. The Labute approximate surface area is 330 Å². The minimum Gasteiger partial charge on any atom is -0.455 e. The third kappa shape index (κ3) is 5.04. The summed E-state index contributed by atoms with van der Waals surface area (Å²) < 4.78 is 11.3. The molecule has 4 heterocycles. The maximum absolute atomic E-state index is 6.53. The predicted molar refractivity (Wildman–Crippen MR) is 236 cm³/mol. The lowest BCUT2D eigenvalue weighted by Crippen LogP contribution is -2.01. The van der Waals surface area contributed by atoms with Crippen molar-refractivity contribution in [2.75, 3.05) is 0 Å². The summed E-state index contributed by atoms with van der Waals surface area (Å²) in [5.41, 5.74) is 9.93. The van der Waals surface area contributed by atoms with Gasteiger partial charge in [-0.15, -0.1) is 11.3 Å². The van der Waals surface area contributed by atoms with Gasteiger partial charge in [-0.1, -0.05) is 133 Å². The second-order valence-corrected chi connectivity index (χ2v) is 15.4. The van der Waals surface area contributed by atoms with Gasteiger partial charge in [-0.25, -0.2) is 15.0 Å². The molecule has 0 aliphatic heterocycles. The number of nitrogens with zero attached hydrogens (tertiary/aromatic N) is 4. The van der Waals surface area contributed by atoms with Gasteiger partial charge in [0, 0.05) is 58.5 Å². The molecule has 0 fully saturated rings. The largest absolute Gasteiger partial charge is 0.455 e. The first kappa shape index (κ1) is 31.9. The lowest BCUT2D eigenvalue weighted by molar-refractivity contribution is 0.669. The van der Waals surface area contributed by atoms with Crippen molar-refractivity contribution in [3.8, 4) is 51.0 Å². The molecule has 266 valence electrons. The Morgan fingerprint density at radius 1 is 0.404 bits per heavy atom. The van der Waals surface area contributed by atoms with Crippen LogP contribution in [0.25, 0.3) is 115 Å². The molecule has 4 aromatic heterocycles. The van der Waals surface area contributed by atoms with E-state index in [1.54, 1.807) is 11.3 Å². The molecule has 0 radical (unpaired) electrons. The second kappa shape index (κ2) is 12.6. The molecule has 12 aromatic rings. The number of furan rings is 1. The third-order valence-electron chi connectivity index (χ3n) is 11.1. The zero-order chi connectivity index (χ0) is 37.5. The van der Waals surface area contributed by atoms with Gasteiger partial charge in [0.25, 0.3) is 0 Å². The number of hydrogen-bond acceptors (Lipinski definition) is 5. The van der Waals surface area contributed by atoms with Crippen molar-refractivity contribution in [3.05, 3.63) is 182 Å². The molecular formula is C51H30N4OS. The van der Waals surface area contributed by atoms with Crippen LogP contribution in [0.3, 0.4) is 0 Å². The number of aromatic nitrogens is 4. The molecule has 0 N–H and O–H groups in total. The highest BCUT2D eigenvalue weighted by molar-refractivity contribution is 7.25. The van der Waals surface area contributed by atoms with E-state index in [1.165, 1.54) is 36.7 Å². The van der Waals surface area contributed by atoms with Crippen LogP contribution in [0.4, 0.5) is 0 Å². The number of hydrogen-bond donors (Lipinski definition) is 0. The Balaban J connectivity index is 1.10. The first-order chi connectivity index (χ1) is 28.2. The molecule has 5 nitrogen and oxygen atoms in total. The normalized spacial score (nSPS) is 11.9. The van der Waals surface area contributed by atoms with Crippen molar-refractivity contribution >= 4 is 75.3 Å². The number of benzene rings is 8. The third-order valence-corrected chi connectivity index (χ3v) is 12.2. The van der Waals surface area contributed by atoms with Crippen LogP contribution < -0.4 is 0 Å². The van der Waals surface area contributed by atoms with Gasteiger partial charge in [-0.2, -0.15) is 0 Å². The van der Waals surface area contributed by atoms with Gasteiger partial charge in [-0.05, 0) is 59.7 Å². The van der Waals surface area contributed by atoms with Gasteiger partial charge in [-0.3, -0.25) is 0 Å². The monoisotopic (exact) mass is 746 g/mol. The first-order valence-corrected chi connectivity index (χ1v) is 19.8. The second-order valence-electron chi connectivity index (χ2n) is 14.4. The SMILES string of the molecule is c1ccc(-c2ccc3c4ccccc4n(-c4cccc(-c5nc(-c6cccc7c6oc6ccccc67)nc(-c6cccc7sc8ccccc8c67)n5)c4)c3c2)cc1. The average Bonchev–Trinajstić information content (AvgIpc) is 3.96. The van der Waals surface area contributed by atoms with Gasteiger partial charge in [0.15, 0.2) is 17.5 Å². The van der Waals surface area contributed by atoms with Crippen molar-refractivity contribution < 1.29 is 4.42 Å². The van der Waals surface area contributed by atoms with Gasteiger partial charge in [0.1, 0.15) is 11.2 Å². The molecular weight excluding hydrogens is 717 g/mol. The summed E-state index contributed by atoms with van der Waals surface area (Å²) in [6.07, 6.45) is 0. The fourth-order valence-electron chi connectivity index (χ4n) is 8.47. The zero-order valence-corrected chi connectivity index (χ0v) is 31.2. The van der Waals surface area contributed by atoms with E-state index in [2.05, 4.69) is 162 Å². The highest BCUT2D eigenvalue weighted by atomic mass is 32.1. The van der Waals surface area contributed by atoms with E-state index in [0.717, 1.165) is 60.7 Å². The van der Waals surface area contributed by atoms with E-state index in [-0.39, 0.29) is 0 Å². The van der Waals surface area contributed by atoms with E-state index in [0.29, 0.717) is 17.5 Å². The van der Waals surface area contributed by atoms with Crippen LogP contribution in [0.15, 0.2) is 186 Å². The van der Waals surface area contributed by atoms with Crippen LogP contribution in [0.5, 0.6) is 0 Å². The smallest absolute Gasteiger partial charge is 0.167 e. The number of fused-ring (bicyclic) bond motifs is 9. The Bertz CT molecular complexity index is 3540. The van der Waals surface area contributed by atoms with Gasteiger partial charge < -0.3 is 8.98 Å². The highest BCUT2D eigenvalue weighted by Crippen LogP contribution is 2.41. The fourth-order valence-corrected chi connectivity index (χ4v) is 9.61. The standard InChI is InChI=1S/C51H30N4OS/c1-2-13-31(14-3-1)32-27-28-36-35-17-4-7-23-42(35)55(43(36)30-32)34-16-10-15-33(29-34)49-52-50(40-21-12-26-46-47(40)39-19-6-9-25-45(39)57-46)54-51(53-49)41-22-11-20-38-37-18-5-8-24-44(37)56-48(38)41/h1-30H.